The molecule has 3 rings (SSSR count). The molecule has 0 aromatic carbocycles. The highest BCUT2D eigenvalue weighted by molar-refractivity contribution is 5.10. The van der Waals surface area contributed by atoms with Gasteiger partial charge in [0.05, 0.1) is 12.7 Å². The molecular weight excluding hydrogens is 280 g/mol. The van der Waals surface area contributed by atoms with Gasteiger partial charge >= 0.3 is 0 Å². The van der Waals surface area contributed by atoms with Crippen LogP contribution >= 0.6 is 0 Å². The second-order valence-corrected chi connectivity index (χ2v) is 6.71. The summed E-state index contributed by atoms with van der Waals surface area (Å²) in [5, 5.41) is 8.83. The van der Waals surface area contributed by atoms with Crippen LogP contribution in [0.4, 0.5) is 0 Å². The maximum Gasteiger partial charge on any atom is 0.191 e. The summed E-state index contributed by atoms with van der Waals surface area (Å²) in [4.78, 5) is 0. The number of hydrogen-bond acceptors (Lipinski definition) is 4. The Bertz CT molecular complexity index is 433. The first-order valence-corrected chi connectivity index (χ1v) is 8.65. The average molecular weight is 308 g/mol. The maximum atomic E-state index is 8.83. The van der Waals surface area contributed by atoms with Crippen LogP contribution in [0, 0.1) is 5.92 Å². The van der Waals surface area contributed by atoms with E-state index in [1.165, 1.54) is 0 Å². The molecule has 4 atom stereocenters. The number of hydrogen-bond donors (Lipinski definition) is 1. The summed E-state index contributed by atoms with van der Waals surface area (Å²) in [5.41, 5.74) is 0. The summed E-state index contributed by atoms with van der Waals surface area (Å²) >= 11 is 0. The van der Waals surface area contributed by atoms with Crippen LogP contribution in [0.2, 0.25) is 0 Å². The first-order chi connectivity index (χ1) is 10.7. The van der Waals surface area contributed by atoms with Gasteiger partial charge in [-0.3, -0.25) is 0 Å². The SMILES string of the molecule is C[C@H]1CCCO[C@]12CC[C@]1(C=CC[C@@H](/C=C/CCCO)O1)O2. The molecule has 4 heteroatoms. The predicted molar refractivity (Wildman–Crippen MR) is 84.2 cm³/mol. The van der Waals surface area contributed by atoms with E-state index in [0.717, 1.165) is 51.6 Å². The minimum atomic E-state index is -0.615. The van der Waals surface area contributed by atoms with E-state index in [0.29, 0.717) is 5.92 Å². The molecule has 0 aliphatic carbocycles. The summed E-state index contributed by atoms with van der Waals surface area (Å²) in [7, 11) is 0. The molecule has 0 amide bonds. The lowest BCUT2D eigenvalue weighted by Gasteiger charge is -2.41. The molecule has 0 unspecified atom stereocenters. The monoisotopic (exact) mass is 308 g/mol. The highest BCUT2D eigenvalue weighted by atomic mass is 16.8. The molecule has 1 N–H and O–H groups in total. The molecule has 2 fully saturated rings. The fourth-order valence-corrected chi connectivity index (χ4v) is 3.69. The molecule has 3 aliphatic heterocycles. The molecule has 0 aromatic rings. The molecule has 0 aromatic heterocycles. The summed E-state index contributed by atoms with van der Waals surface area (Å²) in [6.45, 7) is 3.24. The van der Waals surface area contributed by atoms with Crippen LogP contribution in [0.3, 0.4) is 0 Å². The first-order valence-electron chi connectivity index (χ1n) is 8.65. The zero-order valence-corrected chi connectivity index (χ0v) is 13.5. The van der Waals surface area contributed by atoms with Gasteiger partial charge in [-0.1, -0.05) is 25.2 Å². The van der Waals surface area contributed by atoms with E-state index in [4.69, 9.17) is 19.3 Å². The summed E-state index contributed by atoms with van der Waals surface area (Å²) in [6.07, 6.45) is 15.1. The van der Waals surface area contributed by atoms with Gasteiger partial charge in [0.1, 0.15) is 0 Å². The summed E-state index contributed by atoms with van der Waals surface area (Å²) < 4.78 is 18.7. The van der Waals surface area contributed by atoms with Gasteiger partial charge in [0.2, 0.25) is 0 Å². The fourth-order valence-electron chi connectivity index (χ4n) is 3.69. The van der Waals surface area contributed by atoms with Crippen LogP contribution in [0.5, 0.6) is 0 Å². The van der Waals surface area contributed by atoms with Gasteiger partial charge in [-0.2, -0.15) is 0 Å². The second kappa shape index (κ2) is 6.83. The van der Waals surface area contributed by atoms with Crippen molar-refractivity contribution < 1.29 is 19.3 Å². The van der Waals surface area contributed by atoms with Crippen LogP contribution in [-0.2, 0) is 14.2 Å². The van der Waals surface area contributed by atoms with Crippen molar-refractivity contribution in [2.24, 2.45) is 5.92 Å². The van der Waals surface area contributed by atoms with Gasteiger partial charge < -0.3 is 19.3 Å². The molecule has 3 heterocycles. The van der Waals surface area contributed by atoms with Crippen LogP contribution < -0.4 is 0 Å². The quantitative estimate of drug-likeness (QED) is 0.639. The summed E-state index contributed by atoms with van der Waals surface area (Å²) in [5.74, 6) is -0.654. The van der Waals surface area contributed by atoms with Crippen molar-refractivity contribution in [3.63, 3.8) is 0 Å². The Balaban J connectivity index is 1.63. The average Bonchev–Trinajstić information content (AvgIpc) is 2.86. The molecule has 2 saturated heterocycles. The number of aliphatic hydroxyl groups excluding tert-OH is 1. The standard InChI is InChI=1S/C18H28O4/c1-15-7-6-14-20-18(15)12-11-17(22-18)10-5-9-16(21-17)8-3-2-4-13-19/h3,5,8,10,15-16,19H,2,4,6-7,9,11-14H2,1H3/b8-3+/t15-,16+,17-,18-/m0/s1. The lowest BCUT2D eigenvalue weighted by atomic mass is 9.90. The third kappa shape index (κ3) is 3.30. The molecule has 3 aliphatic rings. The Morgan fingerprint density at radius 3 is 3.09 bits per heavy atom. The third-order valence-corrected chi connectivity index (χ3v) is 5.02. The number of allylic oxidation sites excluding steroid dienone is 1. The van der Waals surface area contributed by atoms with Gasteiger partial charge in [0.15, 0.2) is 11.6 Å². The first kappa shape index (κ1) is 16.2. The van der Waals surface area contributed by atoms with Crippen molar-refractivity contribution in [1.29, 1.82) is 0 Å². The molecule has 2 spiro atoms. The molecule has 0 bridgehead atoms. The maximum absolute atomic E-state index is 8.83. The van der Waals surface area contributed by atoms with Gasteiger partial charge in [0, 0.05) is 25.4 Å². The number of ether oxygens (including phenoxy) is 3. The summed E-state index contributed by atoms with van der Waals surface area (Å²) in [6, 6.07) is 0. The fraction of sp³-hybridized carbons (Fsp3) is 0.778. The van der Waals surface area contributed by atoms with Crippen LogP contribution in [0.15, 0.2) is 24.3 Å². The van der Waals surface area contributed by atoms with E-state index in [1.54, 1.807) is 0 Å². The zero-order chi connectivity index (χ0) is 15.5. The van der Waals surface area contributed by atoms with E-state index in [9.17, 15) is 0 Å². The molecule has 0 saturated carbocycles. The van der Waals surface area contributed by atoms with Crippen molar-refractivity contribution >= 4 is 0 Å². The van der Waals surface area contributed by atoms with Gasteiger partial charge in [-0.05, 0) is 38.2 Å². The lowest BCUT2D eigenvalue weighted by molar-refractivity contribution is -0.336. The van der Waals surface area contributed by atoms with E-state index < -0.39 is 11.6 Å². The number of unbranched alkanes of at least 4 members (excludes halogenated alkanes) is 1. The number of rotatable bonds is 4. The van der Waals surface area contributed by atoms with Gasteiger partial charge in [-0.15, -0.1) is 0 Å². The van der Waals surface area contributed by atoms with Crippen molar-refractivity contribution in [2.75, 3.05) is 13.2 Å². The van der Waals surface area contributed by atoms with E-state index in [1.807, 2.05) is 0 Å². The Kier molecular flexibility index (Phi) is 5.03. The van der Waals surface area contributed by atoms with E-state index >= 15 is 0 Å². The number of aliphatic hydroxyl groups is 1. The van der Waals surface area contributed by atoms with Crippen LogP contribution in [-0.4, -0.2) is 36.0 Å². The Morgan fingerprint density at radius 2 is 2.27 bits per heavy atom. The smallest absolute Gasteiger partial charge is 0.191 e. The third-order valence-electron chi connectivity index (χ3n) is 5.02. The lowest BCUT2D eigenvalue weighted by Crippen LogP contribution is -2.47. The predicted octanol–water partition coefficient (Wildman–Crippen LogP) is 3.31. The highest BCUT2D eigenvalue weighted by Crippen LogP contribution is 2.49. The normalized spacial score (nSPS) is 41.9. The molecule has 124 valence electrons. The van der Waals surface area contributed by atoms with Gasteiger partial charge in [0.25, 0.3) is 0 Å². The van der Waals surface area contributed by atoms with Crippen molar-refractivity contribution in [2.45, 2.75) is 69.5 Å². The minimum absolute atomic E-state index is 0.0535. The van der Waals surface area contributed by atoms with Crippen molar-refractivity contribution in [3.05, 3.63) is 24.3 Å². The van der Waals surface area contributed by atoms with E-state index in [2.05, 4.69) is 31.2 Å². The molecule has 4 nitrogen and oxygen atoms in total. The Hall–Kier alpha value is -0.680. The highest BCUT2D eigenvalue weighted by Gasteiger charge is 2.54. The zero-order valence-electron chi connectivity index (χ0n) is 13.5. The largest absolute Gasteiger partial charge is 0.396 e. The molecule has 22 heavy (non-hydrogen) atoms. The van der Waals surface area contributed by atoms with E-state index in [-0.39, 0.29) is 12.7 Å². The molecular formula is C18H28O4. The van der Waals surface area contributed by atoms with Crippen molar-refractivity contribution in [1.82, 2.24) is 0 Å². The van der Waals surface area contributed by atoms with Crippen LogP contribution in [0.1, 0.15) is 51.9 Å². The minimum Gasteiger partial charge on any atom is -0.396 e. The second-order valence-electron chi connectivity index (χ2n) is 6.71. The molecule has 0 radical (unpaired) electrons. The Morgan fingerprint density at radius 1 is 1.36 bits per heavy atom. The topological polar surface area (TPSA) is 47.9 Å². The van der Waals surface area contributed by atoms with Crippen molar-refractivity contribution in [3.8, 4) is 0 Å². The van der Waals surface area contributed by atoms with Crippen LogP contribution in [0.25, 0.3) is 0 Å². The van der Waals surface area contributed by atoms with Gasteiger partial charge in [-0.25, -0.2) is 0 Å². The Labute approximate surface area is 133 Å².